The van der Waals surface area contributed by atoms with E-state index in [9.17, 15) is 14.4 Å². The zero-order valence-electron chi connectivity index (χ0n) is 37.8. The molecule has 0 fully saturated rings. The van der Waals surface area contributed by atoms with E-state index >= 15 is 0 Å². The van der Waals surface area contributed by atoms with Gasteiger partial charge < -0.3 is 13.6 Å². The maximum Gasteiger partial charge on any atom is 0.344 e. The van der Waals surface area contributed by atoms with Gasteiger partial charge in [0.05, 0.1) is 17.9 Å². The first-order chi connectivity index (χ1) is 34.4. The molecule has 0 N–H and O–H groups in total. The van der Waals surface area contributed by atoms with Crippen molar-refractivity contribution in [3.8, 4) is 83.6 Å². The minimum atomic E-state index is -0.373. The Morgan fingerprint density at radius 3 is 1.14 bits per heavy atom. The van der Waals surface area contributed by atoms with Crippen molar-refractivity contribution in [2.75, 3.05) is 7.11 Å². The van der Waals surface area contributed by atoms with E-state index in [-0.39, 0.29) is 11.3 Å². The van der Waals surface area contributed by atoms with Crippen LogP contribution in [0.25, 0.3) is 121 Å². The van der Waals surface area contributed by atoms with Crippen LogP contribution in [-0.4, -0.2) is 13.4 Å². The minimum absolute atomic E-state index is 0.373. The number of ether oxygens (including phenoxy) is 1. The highest BCUT2D eigenvalue weighted by molar-refractivity contribution is 6.08. The molecule has 0 aliphatic heterocycles. The van der Waals surface area contributed by atoms with Crippen molar-refractivity contribution in [2.45, 2.75) is 0 Å². The molecule has 0 amide bonds. The lowest BCUT2D eigenvalue weighted by Crippen LogP contribution is -2.00. The summed E-state index contributed by atoms with van der Waals surface area (Å²) in [4.78, 5) is 39.0. The van der Waals surface area contributed by atoms with Gasteiger partial charge in [-0.15, -0.1) is 0 Å². The first kappa shape index (κ1) is 42.0. The average molecular weight is 905 g/mol. The predicted octanol–water partition coefficient (Wildman–Crippen LogP) is 15.7. The molecule has 0 atom stereocenters. The van der Waals surface area contributed by atoms with Crippen LogP contribution in [-0.2, 0) is 0 Å². The lowest BCUT2D eigenvalue weighted by Gasteiger charge is -2.19. The van der Waals surface area contributed by atoms with Crippen molar-refractivity contribution in [3.63, 3.8) is 0 Å². The molecule has 0 bridgehead atoms. The Kier molecular flexibility index (Phi) is 10.4. The number of para-hydroxylation sites is 3. The molecule has 12 rings (SSSR count). The summed E-state index contributed by atoms with van der Waals surface area (Å²) in [6.07, 6.45) is 0.891. The van der Waals surface area contributed by atoms with Gasteiger partial charge in [0, 0.05) is 32.7 Å². The monoisotopic (exact) mass is 904 g/mol. The van der Waals surface area contributed by atoms with Crippen LogP contribution in [0.15, 0.2) is 237 Å². The van der Waals surface area contributed by atoms with Crippen LogP contribution < -0.4 is 16.0 Å². The average Bonchev–Trinajstić information content (AvgIpc) is 3.42. The molecule has 2 heterocycles. The highest BCUT2D eigenvalue weighted by Gasteiger charge is 2.19. The predicted molar refractivity (Wildman–Crippen MR) is 284 cm³/mol. The number of aldehydes is 1. The van der Waals surface area contributed by atoms with Crippen molar-refractivity contribution in [1.29, 1.82) is 0 Å². The Morgan fingerprint density at radius 1 is 0.329 bits per heavy atom. The second-order valence-electron chi connectivity index (χ2n) is 17.3. The van der Waals surface area contributed by atoms with Crippen LogP contribution >= 0.6 is 0 Å². The van der Waals surface area contributed by atoms with Gasteiger partial charge >= 0.3 is 11.3 Å². The van der Waals surface area contributed by atoms with Gasteiger partial charge in [-0.05, 0) is 139 Å². The van der Waals surface area contributed by atoms with E-state index in [2.05, 4.69) is 91.0 Å². The molecule has 0 saturated heterocycles. The van der Waals surface area contributed by atoms with Gasteiger partial charge in [-0.3, -0.25) is 4.79 Å². The van der Waals surface area contributed by atoms with Crippen molar-refractivity contribution >= 4 is 49.8 Å². The van der Waals surface area contributed by atoms with Crippen molar-refractivity contribution in [1.82, 2.24) is 0 Å². The van der Waals surface area contributed by atoms with Crippen LogP contribution in [0.4, 0.5) is 0 Å². The highest BCUT2D eigenvalue weighted by Crippen LogP contribution is 2.44. The van der Waals surface area contributed by atoms with Gasteiger partial charge in [0.15, 0.2) is 6.29 Å². The largest absolute Gasteiger partial charge is 0.496 e. The maximum absolute atomic E-state index is 13.2. The summed E-state index contributed by atoms with van der Waals surface area (Å²) in [6.45, 7) is 0. The zero-order valence-corrected chi connectivity index (χ0v) is 37.8. The van der Waals surface area contributed by atoms with E-state index < -0.39 is 0 Å². The molecule has 0 radical (unpaired) electrons. The van der Waals surface area contributed by atoms with Crippen molar-refractivity contribution in [2.24, 2.45) is 0 Å². The Bertz CT molecular complexity index is 4000. The van der Waals surface area contributed by atoms with Gasteiger partial charge in [0.2, 0.25) is 0 Å². The number of hydrogen-bond acceptors (Lipinski definition) is 6. The number of carbonyl (C=O) groups excluding carboxylic acids is 1. The molecule has 0 spiro atoms. The van der Waals surface area contributed by atoms with Gasteiger partial charge in [-0.25, -0.2) is 9.59 Å². The molecule has 0 unspecified atom stereocenters. The molecule has 12 aromatic rings. The van der Waals surface area contributed by atoms with Gasteiger partial charge in [-0.1, -0.05) is 152 Å². The van der Waals surface area contributed by atoms with Gasteiger partial charge in [-0.2, -0.15) is 0 Å². The van der Waals surface area contributed by atoms with E-state index in [1.165, 1.54) is 0 Å². The number of rotatable bonds is 9. The number of fused-ring (bicyclic) bond motifs is 6. The fourth-order valence-corrected chi connectivity index (χ4v) is 10.1. The van der Waals surface area contributed by atoms with Gasteiger partial charge in [0.1, 0.15) is 16.9 Å². The van der Waals surface area contributed by atoms with Crippen molar-refractivity contribution in [3.05, 3.63) is 245 Å². The first-order valence-electron chi connectivity index (χ1n) is 23.0. The van der Waals surface area contributed by atoms with Crippen LogP contribution in [0, 0.1) is 0 Å². The quantitative estimate of drug-likeness (QED) is 0.0815. The Labute approximate surface area is 401 Å². The molecule has 0 aliphatic carbocycles. The first-order valence-corrected chi connectivity index (χ1v) is 23.0. The summed E-state index contributed by atoms with van der Waals surface area (Å²) in [5.74, 6) is 0.678. The third-order valence-electron chi connectivity index (χ3n) is 13.4. The molecule has 2 aromatic heterocycles. The second-order valence-corrected chi connectivity index (χ2v) is 17.3. The zero-order chi connectivity index (χ0) is 47.3. The van der Waals surface area contributed by atoms with E-state index in [0.29, 0.717) is 33.3 Å². The normalized spacial score (nSPS) is 11.4. The summed E-state index contributed by atoms with van der Waals surface area (Å²) in [5, 5.41) is 4.43. The Balaban J connectivity index is 1.09. The SMILES string of the molecule is COc1ccccc1-c1cc(-c2ccccc2-c2cc(-c3ccccc3-c3ccc4c(=O)oc5ccccc5c4c3)cc(-c3ccccc3-c3ccc4c(=O)oc5ccccc5c4c3)c2)ccc1C=O. The summed E-state index contributed by atoms with van der Waals surface area (Å²) >= 11 is 0. The Morgan fingerprint density at radius 2 is 0.700 bits per heavy atom. The van der Waals surface area contributed by atoms with E-state index in [4.69, 9.17) is 13.6 Å². The van der Waals surface area contributed by atoms with E-state index in [1.54, 1.807) is 7.11 Å². The molecule has 0 aliphatic rings. The van der Waals surface area contributed by atoms with Crippen LogP contribution in [0.2, 0.25) is 0 Å². The standard InChI is InChI=1S/C64H40O6/c1-68-60-23-11-8-20-52(60)57-35-39(26-27-42(57)38-65)46-14-2-5-17-49(46)43-32-44(50-18-6-3-15-47(50)40-28-30-55-58(36-40)53-21-9-12-24-61(53)69-63(55)66)34-45(33-43)51-19-7-4-16-48(51)41-29-31-56-59(37-41)54-22-10-13-25-62(54)70-64(56)67/h2-38H,1H3. The molecule has 6 nitrogen and oxygen atoms in total. The summed E-state index contributed by atoms with van der Waals surface area (Å²) < 4.78 is 17.2. The number of benzene rings is 10. The Hall–Kier alpha value is -9.39. The highest BCUT2D eigenvalue weighted by atomic mass is 16.5. The topological polar surface area (TPSA) is 86.7 Å². The van der Waals surface area contributed by atoms with E-state index in [0.717, 1.165) is 106 Å². The molecule has 70 heavy (non-hydrogen) atoms. The fourth-order valence-electron chi connectivity index (χ4n) is 10.1. The molecular formula is C64H40O6. The third-order valence-corrected chi connectivity index (χ3v) is 13.4. The minimum Gasteiger partial charge on any atom is -0.496 e. The third kappa shape index (κ3) is 7.27. The molecule has 6 heteroatoms. The van der Waals surface area contributed by atoms with Crippen LogP contribution in [0.1, 0.15) is 10.4 Å². The van der Waals surface area contributed by atoms with Crippen LogP contribution in [0.5, 0.6) is 5.75 Å². The second kappa shape index (κ2) is 17.4. The summed E-state index contributed by atoms with van der Waals surface area (Å²) in [6, 6.07) is 72.7. The summed E-state index contributed by atoms with van der Waals surface area (Å²) in [7, 11) is 1.64. The van der Waals surface area contributed by atoms with Gasteiger partial charge in [0.25, 0.3) is 0 Å². The lowest BCUT2D eigenvalue weighted by molar-refractivity contribution is 0.112. The molecular weight excluding hydrogens is 865 g/mol. The fraction of sp³-hybridized carbons (Fsp3) is 0.0156. The number of carbonyl (C=O) groups is 1. The van der Waals surface area contributed by atoms with Crippen molar-refractivity contribution < 1.29 is 18.4 Å². The number of methoxy groups -OCH3 is 1. The van der Waals surface area contributed by atoms with E-state index in [1.807, 2.05) is 127 Å². The smallest absolute Gasteiger partial charge is 0.344 e. The molecule has 332 valence electrons. The summed E-state index contributed by atoms with van der Waals surface area (Å²) in [5.41, 5.74) is 14.3. The maximum atomic E-state index is 13.2. The molecule has 10 aromatic carbocycles. The van der Waals surface area contributed by atoms with Crippen LogP contribution in [0.3, 0.4) is 0 Å². The number of hydrogen-bond donors (Lipinski definition) is 0. The lowest BCUT2D eigenvalue weighted by atomic mass is 9.85. The molecule has 0 saturated carbocycles.